The number of primary amides is 1. The predicted octanol–water partition coefficient (Wildman–Crippen LogP) is 1.91. The van der Waals surface area contributed by atoms with Crippen molar-refractivity contribution in [1.82, 2.24) is 8.94 Å². The highest BCUT2D eigenvalue weighted by Gasteiger charge is 2.13. The van der Waals surface area contributed by atoms with E-state index in [0.29, 0.717) is 11.9 Å². The Kier molecular flexibility index (Phi) is 3.31. The average molecular weight is 299 g/mol. The van der Waals surface area contributed by atoms with Gasteiger partial charge in [0.1, 0.15) is 5.56 Å². The number of carbonyl (C=O) groups is 1. The van der Waals surface area contributed by atoms with Crippen LogP contribution >= 0.6 is 11.5 Å². The van der Waals surface area contributed by atoms with Gasteiger partial charge in [0.25, 0.3) is 5.91 Å². The summed E-state index contributed by atoms with van der Waals surface area (Å²) in [5.74, 6) is -0.708. The van der Waals surface area contributed by atoms with Crippen molar-refractivity contribution >= 4 is 28.3 Å². The number of carbonyl (C=O) groups excluding carboxylic acids is 1. The van der Waals surface area contributed by atoms with Crippen molar-refractivity contribution in [2.75, 3.05) is 0 Å². The first-order valence-electron chi connectivity index (χ1n) is 6.40. The normalized spacial score (nSPS) is 10.9. The molecule has 1 aromatic carbocycles. The summed E-state index contributed by atoms with van der Waals surface area (Å²) in [5, 5.41) is 0.495. The summed E-state index contributed by atoms with van der Waals surface area (Å²) < 4.78 is 6.11. The van der Waals surface area contributed by atoms with Crippen LogP contribution in [0.25, 0.3) is 10.9 Å². The topological polar surface area (TPSA) is 78.0 Å². The number of pyridine rings is 1. The molecule has 0 unspecified atom stereocenters. The molecule has 2 N–H and O–H groups in total. The number of rotatable bonds is 3. The smallest absolute Gasteiger partial charge is 0.254 e. The molecule has 0 saturated carbocycles. The Balaban J connectivity index is 2.23. The Morgan fingerprint density at radius 1 is 1.38 bits per heavy atom. The number of hydrogen-bond donors (Lipinski definition) is 1. The summed E-state index contributed by atoms with van der Waals surface area (Å²) in [5.41, 5.74) is 6.73. The molecule has 2 heterocycles. The van der Waals surface area contributed by atoms with Crippen molar-refractivity contribution in [3.05, 3.63) is 62.9 Å². The number of benzene rings is 1. The minimum Gasteiger partial charge on any atom is -0.365 e. The summed E-state index contributed by atoms with van der Waals surface area (Å²) in [6.07, 6.45) is 1.53. The van der Waals surface area contributed by atoms with Gasteiger partial charge in [0.05, 0.1) is 17.8 Å². The van der Waals surface area contributed by atoms with Gasteiger partial charge in [0, 0.05) is 16.5 Å². The Morgan fingerprint density at radius 3 is 2.81 bits per heavy atom. The van der Waals surface area contributed by atoms with Gasteiger partial charge in [0.15, 0.2) is 0 Å². The lowest BCUT2D eigenvalue weighted by atomic mass is 10.1. The van der Waals surface area contributed by atoms with E-state index in [4.69, 9.17) is 5.73 Å². The van der Waals surface area contributed by atoms with Crippen LogP contribution in [-0.2, 0) is 6.54 Å². The van der Waals surface area contributed by atoms with Crippen LogP contribution in [0, 0.1) is 6.92 Å². The van der Waals surface area contributed by atoms with Crippen molar-refractivity contribution in [3.63, 3.8) is 0 Å². The van der Waals surface area contributed by atoms with Gasteiger partial charge in [-0.2, -0.15) is 4.37 Å². The lowest BCUT2D eigenvalue weighted by Crippen LogP contribution is -2.24. The fourth-order valence-corrected chi connectivity index (χ4v) is 3.04. The van der Waals surface area contributed by atoms with Gasteiger partial charge in [-0.3, -0.25) is 9.59 Å². The van der Waals surface area contributed by atoms with Crippen molar-refractivity contribution in [1.29, 1.82) is 0 Å². The molecule has 106 valence electrons. The zero-order chi connectivity index (χ0) is 15.0. The molecule has 0 radical (unpaired) electrons. The van der Waals surface area contributed by atoms with Crippen LogP contribution in [0.2, 0.25) is 0 Å². The first-order chi connectivity index (χ1) is 10.1. The third-order valence-electron chi connectivity index (χ3n) is 3.26. The Labute approximate surface area is 124 Å². The molecule has 0 saturated heterocycles. The zero-order valence-corrected chi connectivity index (χ0v) is 12.2. The van der Waals surface area contributed by atoms with Crippen LogP contribution in [0.15, 0.2) is 41.3 Å². The summed E-state index contributed by atoms with van der Waals surface area (Å²) in [7, 11) is 0. The molecule has 0 aliphatic carbocycles. The molecule has 0 bridgehead atoms. The average Bonchev–Trinajstić information content (AvgIpc) is 2.87. The molecular weight excluding hydrogens is 286 g/mol. The Bertz CT molecular complexity index is 895. The third-order valence-corrected chi connectivity index (χ3v) is 4.12. The van der Waals surface area contributed by atoms with Crippen molar-refractivity contribution in [2.45, 2.75) is 13.5 Å². The Morgan fingerprint density at radius 2 is 2.14 bits per heavy atom. The van der Waals surface area contributed by atoms with E-state index in [0.717, 1.165) is 16.1 Å². The van der Waals surface area contributed by atoms with Gasteiger partial charge in [-0.05, 0) is 36.7 Å². The van der Waals surface area contributed by atoms with Crippen LogP contribution in [0.1, 0.15) is 20.9 Å². The standard InChI is InChI=1S/C15H13N3O2S/c1-9-6-10(21-17-9)7-18-8-12(15(16)20)14(19)11-4-2-3-5-13(11)18/h2-6,8H,7H2,1H3,(H2,16,20). The van der Waals surface area contributed by atoms with E-state index in [1.165, 1.54) is 17.7 Å². The highest BCUT2D eigenvalue weighted by Crippen LogP contribution is 2.16. The second-order valence-corrected chi connectivity index (χ2v) is 5.71. The van der Waals surface area contributed by atoms with E-state index >= 15 is 0 Å². The molecular formula is C15H13N3O2S. The number of aryl methyl sites for hydroxylation is 1. The second-order valence-electron chi connectivity index (χ2n) is 4.82. The molecule has 0 atom stereocenters. The number of para-hydroxylation sites is 1. The molecule has 6 heteroatoms. The predicted molar refractivity (Wildman–Crippen MR) is 82.7 cm³/mol. The van der Waals surface area contributed by atoms with Crippen LogP contribution in [-0.4, -0.2) is 14.8 Å². The van der Waals surface area contributed by atoms with E-state index in [9.17, 15) is 9.59 Å². The number of fused-ring (bicyclic) bond motifs is 1. The molecule has 3 rings (SSSR count). The second kappa shape index (κ2) is 5.14. The van der Waals surface area contributed by atoms with Gasteiger partial charge in [0.2, 0.25) is 5.43 Å². The molecule has 21 heavy (non-hydrogen) atoms. The minimum absolute atomic E-state index is 0.00920. The molecule has 0 fully saturated rings. The van der Waals surface area contributed by atoms with Crippen molar-refractivity contribution in [3.8, 4) is 0 Å². The van der Waals surface area contributed by atoms with E-state index in [1.807, 2.05) is 29.7 Å². The van der Waals surface area contributed by atoms with E-state index in [1.54, 1.807) is 12.1 Å². The molecule has 1 amide bonds. The first kappa shape index (κ1) is 13.5. The van der Waals surface area contributed by atoms with Gasteiger partial charge in [-0.25, -0.2) is 0 Å². The first-order valence-corrected chi connectivity index (χ1v) is 7.18. The SMILES string of the molecule is Cc1cc(Cn2cc(C(N)=O)c(=O)c3ccccc32)sn1. The maximum atomic E-state index is 12.3. The summed E-state index contributed by atoms with van der Waals surface area (Å²) in [4.78, 5) is 24.8. The zero-order valence-electron chi connectivity index (χ0n) is 11.4. The molecule has 0 spiro atoms. The molecule has 0 aliphatic heterocycles. The number of nitrogens with zero attached hydrogens (tertiary/aromatic N) is 2. The van der Waals surface area contributed by atoms with Crippen LogP contribution in [0.5, 0.6) is 0 Å². The molecule has 2 aromatic heterocycles. The van der Waals surface area contributed by atoms with E-state index in [-0.39, 0.29) is 11.0 Å². The highest BCUT2D eigenvalue weighted by molar-refractivity contribution is 7.05. The summed E-state index contributed by atoms with van der Waals surface area (Å²) in [6.45, 7) is 2.48. The van der Waals surface area contributed by atoms with Crippen molar-refractivity contribution < 1.29 is 4.79 Å². The largest absolute Gasteiger partial charge is 0.365 e. The van der Waals surface area contributed by atoms with E-state index in [2.05, 4.69) is 4.37 Å². The highest BCUT2D eigenvalue weighted by atomic mass is 32.1. The Hall–Kier alpha value is -2.47. The van der Waals surface area contributed by atoms with Gasteiger partial charge < -0.3 is 10.3 Å². The minimum atomic E-state index is -0.708. The lowest BCUT2D eigenvalue weighted by molar-refractivity contribution is 0.0999. The van der Waals surface area contributed by atoms with Crippen LogP contribution in [0.4, 0.5) is 0 Å². The van der Waals surface area contributed by atoms with Crippen molar-refractivity contribution in [2.24, 2.45) is 5.73 Å². The van der Waals surface area contributed by atoms with Gasteiger partial charge in [-0.1, -0.05) is 12.1 Å². The van der Waals surface area contributed by atoms with Crippen LogP contribution in [0.3, 0.4) is 0 Å². The number of nitrogens with two attached hydrogens (primary N) is 1. The molecule has 5 nitrogen and oxygen atoms in total. The molecule has 3 aromatic rings. The van der Waals surface area contributed by atoms with Gasteiger partial charge >= 0.3 is 0 Å². The lowest BCUT2D eigenvalue weighted by Gasteiger charge is -2.11. The van der Waals surface area contributed by atoms with Crippen LogP contribution < -0.4 is 11.2 Å². The third kappa shape index (κ3) is 2.45. The number of hydrogen-bond acceptors (Lipinski definition) is 4. The fourth-order valence-electron chi connectivity index (χ4n) is 2.31. The van der Waals surface area contributed by atoms with E-state index < -0.39 is 5.91 Å². The number of amides is 1. The van der Waals surface area contributed by atoms with Gasteiger partial charge in [-0.15, -0.1) is 0 Å². The maximum Gasteiger partial charge on any atom is 0.254 e. The fraction of sp³-hybridized carbons (Fsp3) is 0.133. The summed E-state index contributed by atoms with van der Waals surface area (Å²) in [6, 6.07) is 9.19. The number of aromatic nitrogens is 2. The molecule has 0 aliphatic rings. The quantitative estimate of drug-likeness (QED) is 0.802. The monoisotopic (exact) mass is 299 g/mol. The summed E-state index contributed by atoms with van der Waals surface area (Å²) >= 11 is 1.41. The maximum absolute atomic E-state index is 12.3.